The molecule has 0 aliphatic carbocycles. The van der Waals surface area contributed by atoms with Crippen LogP contribution in [-0.2, 0) is 34.1 Å². The second-order valence-electron chi connectivity index (χ2n) is 10.6. The normalized spacial score (nSPS) is 17.9. The number of aryl methyl sites for hydroxylation is 1. The lowest BCUT2D eigenvalue weighted by atomic mass is 9.92. The third-order valence-corrected chi connectivity index (χ3v) is 7.90. The van der Waals surface area contributed by atoms with E-state index in [4.69, 9.17) is 9.26 Å². The van der Waals surface area contributed by atoms with Gasteiger partial charge in [0.05, 0.1) is 6.26 Å². The summed E-state index contributed by atoms with van der Waals surface area (Å²) in [7, 11) is -3.19. The molecule has 4 rings (SSSR count). The molecule has 1 amide bonds. The molecule has 0 radical (unpaired) electrons. The van der Waals surface area contributed by atoms with Gasteiger partial charge in [-0.1, -0.05) is 17.3 Å². The lowest BCUT2D eigenvalue weighted by molar-refractivity contribution is 0.0180. The Labute approximate surface area is 207 Å². The van der Waals surface area contributed by atoms with Gasteiger partial charge in [-0.2, -0.15) is 9.29 Å². The Balaban J connectivity index is 1.24. The van der Waals surface area contributed by atoms with Crippen LogP contribution in [0.3, 0.4) is 0 Å². The van der Waals surface area contributed by atoms with E-state index in [0.29, 0.717) is 37.1 Å². The second-order valence-corrected chi connectivity index (χ2v) is 12.6. The summed E-state index contributed by atoms with van der Waals surface area (Å²) in [5.41, 5.74) is 2.58. The quantitative estimate of drug-likeness (QED) is 0.585. The summed E-state index contributed by atoms with van der Waals surface area (Å²) < 4.78 is 36.1. The maximum Gasteiger partial charge on any atom is 0.410 e. The average molecular weight is 505 g/mol. The lowest BCUT2D eigenvalue weighted by Crippen LogP contribution is -2.41. The highest BCUT2D eigenvalue weighted by atomic mass is 32.2. The fourth-order valence-electron chi connectivity index (χ4n) is 4.70. The third-order valence-electron chi connectivity index (χ3n) is 6.65. The summed E-state index contributed by atoms with van der Waals surface area (Å²) in [6.45, 7) is 8.04. The zero-order valence-electron chi connectivity index (χ0n) is 21.1. The Morgan fingerprint density at radius 3 is 2.60 bits per heavy atom. The Bertz CT molecular complexity index is 1150. The number of fused-ring (bicyclic) bond motifs is 1. The third kappa shape index (κ3) is 6.82. The van der Waals surface area contributed by atoms with Crippen LogP contribution < -0.4 is 0 Å². The van der Waals surface area contributed by atoms with E-state index in [1.807, 2.05) is 43.9 Å². The molecule has 1 aromatic heterocycles. The maximum atomic E-state index is 12.2. The summed E-state index contributed by atoms with van der Waals surface area (Å²) in [5.74, 6) is 1.79. The summed E-state index contributed by atoms with van der Waals surface area (Å²) >= 11 is 0. The minimum Gasteiger partial charge on any atom is -0.444 e. The number of carbonyl (C=O) groups is 1. The van der Waals surface area contributed by atoms with Crippen LogP contribution in [0.5, 0.6) is 0 Å². The van der Waals surface area contributed by atoms with Crippen LogP contribution >= 0.6 is 0 Å². The predicted molar refractivity (Wildman–Crippen MR) is 132 cm³/mol. The monoisotopic (exact) mass is 504 g/mol. The fraction of sp³-hybridized carbons (Fsp3) is 0.640. The Kier molecular flexibility index (Phi) is 7.51. The number of hydrogen-bond acceptors (Lipinski definition) is 7. The van der Waals surface area contributed by atoms with Crippen molar-refractivity contribution in [1.82, 2.24) is 19.3 Å². The molecule has 0 spiro atoms. The molecule has 0 atom stereocenters. The van der Waals surface area contributed by atoms with Gasteiger partial charge in [0.15, 0.2) is 0 Å². The molecule has 35 heavy (non-hydrogen) atoms. The number of sulfonamides is 1. The maximum absolute atomic E-state index is 12.2. The fourth-order valence-corrected chi connectivity index (χ4v) is 5.49. The number of likely N-dealkylation sites (tertiary alicyclic amines) is 1. The van der Waals surface area contributed by atoms with Crippen molar-refractivity contribution in [2.24, 2.45) is 5.92 Å². The van der Waals surface area contributed by atoms with Crippen LogP contribution in [0.15, 0.2) is 22.7 Å². The van der Waals surface area contributed by atoms with E-state index in [9.17, 15) is 13.2 Å². The Morgan fingerprint density at radius 1 is 1.17 bits per heavy atom. The molecule has 0 bridgehead atoms. The first-order chi connectivity index (χ1) is 16.5. The van der Waals surface area contributed by atoms with Crippen molar-refractivity contribution in [3.05, 3.63) is 35.2 Å². The van der Waals surface area contributed by atoms with Gasteiger partial charge in [0.1, 0.15) is 5.60 Å². The summed E-state index contributed by atoms with van der Waals surface area (Å²) in [4.78, 5) is 18.6. The topological polar surface area (TPSA) is 106 Å². The molecule has 1 fully saturated rings. The lowest BCUT2D eigenvalue weighted by Gasteiger charge is -2.33. The smallest absolute Gasteiger partial charge is 0.410 e. The first-order valence-electron chi connectivity index (χ1n) is 12.4. The Morgan fingerprint density at radius 2 is 1.91 bits per heavy atom. The van der Waals surface area contributed by atoms with Crippen LogP contribution in [0, 0.1) is 5.92 Å². The zero-order chi connectivity index (χ0) is 25.2. The highest BCUT2D eigenvalue weighted by molar-refractivity contribution is 7.88. The molecule has 0 unspecified atom stereocenters. The number of nitrogens with zero attached hydrogens (tertiary/aromatic N) is 4. The molecule has 0 N–H and O–H groups in total. The molecule has 1 saturated heterocycles. The minimum atomic E-state index is -3.19. The molecule has 1 aromatic carbocycles. The van der Waals surface area contributed by atoms with E-state index in [2.05, 4.69) is 10.1 Å². The van der Waals surface area contributed by atoms with Crippen LogP contribution in [0.25, 0.3) is 11.4 Å². The summed E-state index contributed by atoms with van der Waals surface area (Å²) in [6, 6.07) is 5.93. The largest absolute Gasteiger partial charge is 0.444 e. The molecule has 3 heterocycles. The van der Waals surface area contributed by atoms with E-state index < -0.39 is 15.6 Å². The van der Waals surface area contributed by atoms with Gasteiger partial charge >= 0.3 is 6.09 Å². The molecular formula is C25H36N4O5S. The highest BCUT2D eigenvalue weighted by Gasteiger charge is 2.27. The van der Waals surface area contributed by atoms with Gasteiger partial charge in [-0.3, -0.25) is 0 Å². The average Bonchev–Trinajstić information content (AvgIpc) is 3.26. The van der Waals surface area contributed by atoms with Crippen LogP contribution in [0.2, 0.25) is 0 Å². The van der Waals surface area contributed by atoms with Crippen molar-refractivity contribution in [2.45, 2.75) is 71.4 Å². The number of piperidine rings is 1. The SMILES string of the molecule is CC(C)(C)OC(=O)N1CCC(CCCc2nc(-c3ccc4c(c3)CCN(S(C)(=O)=O)C4)no2)CC1. The van der Waals surface area contributed by atoms with Gasteiger partial charge in [0.25, 0.3) is 0 Å². The number of hydrogen-bond donors (Lipinski definition) is 0. The van der Waals surface area contributed by atoms with Gasteiger partial charge in [-0.05, 0) is 76.0 Å². The predicted octanol–water partition coefficient (Wildman–Crippen LogP) is 4.02. The van der Waals surface area contributed by atoms with Crippen molar-refractivity contribution in [1.29, 1.82) is 0 Å². The molecule has 0 saturated carbocycles. The summed E-state index contributed by atoms with van der Waals surface area (Å²) in [5, 5.41) is 4.16. The van der Waals surface area contributed by atoms with Gasteiger partial charge in [-0.25, -0.2) is 13.2 Å². The van der Waals surface area contributed by atoms with Crippen molar-refractivity contribution in [2.75, 3.05) is 25.9 Å². The van der Waals surface area contributed by atoms with Gasteiger partial charge < -0.3 is 14.2 Å². The van der Waals surface area contributed by atoms with Gasteiger partial charge in [0, 0.05) is 38.2 Å². The molecular weight excluding hydrogens is 468 g/mol. The van der Waals surface area contributed by atoms with E-state index in [-0.39, 0.29) is 6.09 Å². The van der Waals surface area contributed by atoms with E-state index in [0.717, 1.165) is 61.9 Å². The van der Waals surface area contributed by atoms with Crippen LogP contribution in [0.4, 0.5) is 4.79 Å². The number of ether oxygens (including phenoxy) is 1. The van der Waals surface area contributed by atoms with Crippen LogP contribution in [0.1, 0.15) is 63.5 Å². The molecule has 192 valence electrons. The van der Waals surface area contributed by atoms with Crippen molar-refractivity contribution in [3.8, 4) is 11.4 Å². The first-order valence-corrected chi connectivity index (χ1v) is 14.2. The highest BCUT2D eigenvalue weighted by Crippen LogP contribution is 2.27. The van der Waals surface area contributed by atoms with E-state index >= 15 is 0 Å². The van der Waals surface area contributed by atoms with Crippen molar-refractivity contribution >= 4 is 16.1 Å². The standard InChI is InChI=1S/C25H36N4O5S/c1-25(2,3)33-24(30)28-13-10-18(11-14-28)6-5-7-22-26-23(27-34-22)20-8-9-21-17-29(35(4,31)32)15-12-19(21)16-20/h8-9,16,18H,5-7,10-15,17H2,1-4H3. The zero-order valence-corrected chi connectivity index (χ0v) is 21.9. The number of amides is 1. The molecule has 2 aromatic rings. The first kappa shape index (κ1) is 25.6. The number of aromatic nitrogens is 2. The Hall–Kier alpha value is -2.46. The van der Waals surface area contributed by atoms with E-state index in [1.165, 1.54) is 10.6 Å². The van der Waals surface area contributed by atoms with Crippen LogP contribution in [-0.4, -0.2) is 65.3 Å². The second kappa shape index (κ2) is 10.3. The van der Waals surface area contributed by atoms with Gasteiger partial charge in [0.2, 0.25) is 21.7 Å². The van der Waals surface area contributed by atoms with Gasteiger partial charge in [-0.15, -0.1) is 0 Å². The number of rotatable bonds is 6. The number of benzene rings is 1. The van der Waals surface area contributed by atoms with E-state index in [1.54, 1.807) is 0 Å². The van der Waals surface area contributed by atoms with Crippen molar-refractivity contribution in [3.63, 3.8) is 0 Å². The molecule has 9 nitrogen and oxygen atoms in total. The van der Waals surface area contributed by atoms with Crippen molar-refractivity contribution < 1.29 is 22.5 Å². The molecule has 2 aliphatic rings. The molecule has 10 heteroatoms. The summed E-state index contributed by atoms with van der Waals surface area (Å²) in [6.07, 6.45) is 6.44. The molecule has 2 aliphatic heterocycles. The number of carbonyl (C=O) groups excluding carboxylic acids is 1. The minimum absolute atomic E-state index is 0.218.